The summed E-state index contributed by atoms with van der Waals surface area (Å²) in [4.78, 5) is 27.9. The van der Waals surface area contributed by atoms with E-state index in [0.29, 0.717) is 16.5 Å². The molecule has 1 saturated heterocycles. The highest BCUT2D eigenvalue weighted by molar-refractivity contribution is 7.12. The Labute approximate surface area is 128 Å². The maximum Gasteiger partial charge on any atom is 0.328 e. The van der Waals surface area contributed by atoms with Gasteiger partial charge in [-0.3, -0.25) is 4.79 Å². The SMILES string of the molecule is CN(C)C1CCCN(C(=O)c2sccc2C=CC(=O)O)C1. The Morgan fingerprint density at radius 2 is 2.24 bits per heavy atom. The zero-order valence-corrected chi connectivity index (χ0v) is 13.1. The van der Waals surface area contributed by atoms with Crippen molar-refractivity contribution in [1.29, 1.82) is 0 Å². The number of nitrogens with zero attached hydrogens (tertiary/aromatic N) is 2. The molecule has 0 spiro atoms. The van der Waals surface area contributed by atoms with Gasteiger partial charge in [-0.25, -0.2) is 4.79 Å². The Bertz CT molecular complexity index is 551. The van der Waals surface area contributed by atoms with Gasteiger partial charge < -0.3 is 14.9 Å². The third kappa shape index (κ3) is 3.92. The highest BCUT2D eigenvalue weighted by Crippen LogP contribution is 2.23. The Kier molecular flexibility index (Phi) is 5.14. The summed E-state index contributed by atoms with van der Waals surface area (Å²) in [5.41, 5.74) is 0.680. The van der Waals surface area contributed by atoms with E-state index in [9.17, 15) is 9.59 Å². The van der Waals surface area contributed by atoms with Crippen molar-refractivity contribution >= 4 is 29.3 Å². The fourth-order valence-electron chi connectivity index (χ4n) is 2.49. The number of thiophene rings is 1. The smallest absolute Gasteiger partial charge is 0.328 e. The lowest BCUT2D eigenvalue weighted by atomic mass is 10.0. The molecule has 114 valence electrons. The summed E-state index contributed by atoms with van der Waals surface area (Å²) in [6.45, 7) is 1.50. The van der Waals surface area contributed by atoms with Crippen LogP contribution in [0, 0.1) is 0 Å². The van der Waals surface area contributed by atoms with Crippen LogP contribution in [0.2, 0.25) is 0 Å². The second kappa shape index (κ2) is 6.87. The number of hydrogen-bond donors (Lipinski definition) is 1. The Hall–Kier alpha value is -1.66. The minimum atomic E-state index is -1.01. The molecule has 1 aromatic rings. The van der Waals surface area contributed by atoms with Crippen LogP contribution in [0.15, 0.2) is 17.5 Å². The van der Waals surface area contributed by atoms with Gasteiger partial charge in [0.15, 0.2) is 0 Å². The summed E-state index contributed by atoms with van der Waals surface area (Å²) in [5, 5.41) is 10.5. The average molecular weight is 308 g/mol. The maximum atomic E-state index is 12.6. The largest absolute Gasteiger partial charge is 0.478 e. The summed E-state index contributed by atoms with van der Waals surface area (Å²) >= 11 is 1.36. The molecule has 1 aromatic heterocycles. The van der Waals surface area contributed by atoms with Gasteiger partial charge in [0, 0.05) is 25.2 Å². The quantitative estimate of drug-likeness (QED) is 0.864. The minimum Gasteiger partial charge on any atom is -0.478 e. The van der Waals surface area contributed by atoms with Crippen molar-refractivity contribution in [2.75, 3.05) is 27.2 Å². The topological polar surface area (TPSA) is 60.9 Å². The molecule has 21 heavy (non-hydrogen) atoms. The number of likely N-dealkylation sites (N-methyl/N-ethyl adjacent to an activating group) is 1. The van der Waals surface area contributed by atoms with E-state index in [0.717, 1.165) is 32.0 Å². The molecule has 1 aliphatic rings. The highest BCUT2D eigenvalue weighted by Gasteiger charge is 2.27. The van der Waals surface area contributed by atoms with Gasteiger partial charge in [0.25, 0.3) is 5.91 Å². The lowest BCUT2D eigenvalue weighted by Gasteiger charge is -2.36. The third-order valence-corrected chi connectivity index (χ3v) is 4.63. The molecule has 2 rings (SSSR count). The second-order valence-corrected chi connectivity index (χ2v) is 6.30. The highest BCUT2D eigenvalue weighted by atomic mass is 32.1. The number of hydrogen-bond acceptors (Lipinski definition) is 4. The van der Waals surface area contributed by atoms with Crippen LogP contribution < -0.4 is 0 Å². The van der Waals surface area contributed by atoms with E-state index in [4.69, 9.17) is 5.11 Å². The molecule has 1 amide bonds. The van der Waals surface area contributed by atoms with Gasteiger partial charge in [-0.1, -0.05) is 0 Å². The van der Waals surface area contributed by atoms with E-state index in [1.54, 1.807) is 6.07 Å². The Morgan fingerprint density at radius 1 is 1.48 bits per heavy atom. The third-order valence-electron chi connectivity index (χ3n) is 3.71. The molecule has 0 aliphatic carbocycles. The summed E-state index contributed by atoms with van der Waals surface area (Å²) in [5.74, 6) is -1.01. The fourth-order valence-corrected chi connectivity index (χ4v) is 3.34. The molecular formula is C15H20N2O3S. The molecule has 0 bridgehead atoms. The minimum absolute atomic E-state index is 0.00147. The summed E-state index contributed by atoms with van der Waals surface area (Å²) in [6.07, 6.45) is 4.66. The number of amides is 1. The molecule has 1 fully saturated rings. The first-order chi connectivity index (χ1) is 9.99. The zero-order chi connectivity index (χ0) is 15.4. The number of carboxylic acids is 1. The van der Waals surface area contributed by atoms with Crippen LogP contribution in [0.25, 0.3) is 6.08 Å². The van der Waals surface area contributed by atoms with E-state index in [-0.39, 0.29) is 5.91 Å². The van der Waals surface area contributed by atoms with Crippen molar-refractivity contribution in [3.63, 3.8) is 0 Å². The normalized spacial score (nSPS) is 19.4. The molecule has 5 nitrogen and oxygen atoms in total. The van der Waals surface area contributed by atoms with Crippen LogP contribution in [0.4, 0.5) is 0 Å². The number of aliphatic carboxylic acids is 1. The predicted molar refractivity (Wildman–Crippen MR) is 83.6 cm³/mol. The van der Waals surface area contributed by atoms with Crippen LogP contribution >= 0.6 is 11.3 Å². The van der Waals surface area contributed by atoms with E-state index < -0.39 is 5.97 Å². The van der Waals surface area contributed by atoms with Gasteiger partial charge in [-0.2, -0.15) is 0 Å². The summed E-state index contributed by atoms with van der Waals surface area (Å²) < 4.78 is 0. The van der Waals surface area contributed by atoms with Gasteiger partial charge in [0.2, 0.25) is 0 Å². The Balaban J connectivity index is 2.13. The van der Waals surface area contributed by atoms with E-state index in [1.807, 2.05) is 24.4 Å². The lowest BCUT2D eigenvalue weighted by molar-refractivity contribution is -0.131. The van der Waals surface area contributed by atoms with Crippen LogP contribution in [0.1, 0.15) is 28.1 Å². The molecule has 0 radical (unpaired) electrons. The van der Waals surface area contributed by atoms with Crippen molar-refractivity contribution in [2.45, 2.75) is 18.9 Å². The van der Waals surface area contributed by atoms with Crippen molar-refractivity contribution < 1.29 is 14.7 Å². The van der Waals surface area contributed by atoms with Crippen molar-refractivity contribution in [3.05, 3.63) is 28.0 Å². The zero-order valence-electron chi connectivity index (χ0n) is 12.3. The van der Waals surface area contributed by atoms with Crippen LogP contribution in [0.5, 0.6) is 0 Å². The van der Waals surface area contributed by atoms with Crippen LogP contribution in [0.3, 0.4) is 0 Å². The number of carbonyl (C=O) groups excluding carboxylic acids is 1. The van der Waals surface area contributed by atoms with E-state index >= 15 is 0 Å². The van der Waals surface area contributed by atoms with Gasteiger partial charge in [-0.15, -0.1) is 11.3 Å². The van der Waals surface area contributed by atoms with Gasteiger partial charge in [0.1, 0.15) is 0 Å². The van der Waals surface area contributed by atoms with Crippen molar-refractivity contribution in [1.82, 2.24) is 9.80 Å². The number of piperidine rings is 1. The van der Waals surface area contributed by atoms with Crippen LogP contribution in [-0.2, 0) is 4.79 Å². The standard InChI is InChI=1S/C15H20N2O3S/c1-16(2)12-4-3-8-17(10-12)15(20)14-11(7-9-21-14)5-6-13(18)19/h5-7,9,12H,3-4,8,10H2,1-2H3,(H,18,19). The predicted octanol–water partition coefficient (Wildman–Crippen LogP) is 2.01. The first kappa shape index (κ1) is 15.7. The van der Waals surface area contributed by atoms with Gasteiger partial charge in [0.05, 0.1) is 4.88 Å². The molecule has 1 N–H and O–H groups in total. The molecule has 1 atom stereocenters. The average Bonchev–Trinajstić information content (AvgIpc) is 2.92. The van der Waals surface area contributed by atoms with Crippen molar-refractivity contribution in [2.24, 2.45) is 0 Å². The molecule has 6 heteroatoms. The Morgan fingerprint density at radius 3 is 2.90 bits per heavy atom. The van der Waals surface area contributed by atoms with Crippen LogP contribution in [-0.4, -0.2) is 60.0 Å². The molecule has 1 unspecified atom stereocenters. The second-order valence-electron chi connectivity index (χ2n) is 5.39. The molecule has 2 heterocycles. The summed E-state index contributed by atoms with van der Waals surface area (Å²) in [6, 6.07) is 2.17. The maximum absolute atomic E-state index is 12.6. The van der Waals surface area contributed by atoms with Crippen molar-refractivity contribution in [3.8, 4) is 0 Å². The van der Waals surface area contributed by atoms with E-state index in [2.05, 4.69) is 4.90 Å². The first-order valence-corrected chi connectivity index (χ1v) is 7.81. The molecule has 0 saturated carbocycles. The van der Waals surface area contributed by atoms with Gasteiger partial charge >= 0.3 is 5.97 Å². The molecule has 1 aliphatic heterocycles. The number of likely N-dealkylation sites (tertiary alicyclic amines) is 1. The number of carboxylic acid groups (broad SMARTS) is 1. The van der Waals surface area contributed by atoms with Gasteiger partial charge in [-0.05, 0) is 50.0 Å². The van der Waals surface area contributed by atoms with E-state index in [1.165, 1.54) is 17.4 Å². The summed E-state index contributed by atoms with van der Waals surface area (Å²) in [7, 11) is 4.07. The number of carbonyl (C=O) groups is 2. The first-order valence-electron chi connectivity index (χ1n) is 6.93. The monoisotopic (exact) mass is 308 g/mol. The number of rotatable bonds is 4. The molecular weight excluding hydrogens is 288 g/mol. The lowest BCUT2D eigenvalue weighted by Crippen LogP contribution is -2.47. The molecule has 0 aromatic carbocycles. The fraction of sp³-hybridized carbons (Fsp3) is 0.467.